The van der Waals surface area contributed by atoms with Gasteiger partial charge in [0.25, 0.3) is 0 Å². The minimum atomic E-state index is -0.417. The van der Waals surface area contributed by atoms with Gasteiger partial charge in [-0.25, -0.2) is 4.79 Å². The summed E-state index contributed by atoms with van der Waals surface area (Å²) in [6.07, 6.45) is 0.811. The fraction of sp³-hybridized carbons (Fsp3) is 0.323. The molecule has 6 heteroatoms. The molecule has 4 rings (SSSR count). The summed E-state index contributed by atoms with van der Waals surface area (Å²) in [6.45, 7) is 7.13. The second kappa shape index (κ2) is 12.0. The van der Waals surface area contributed by atoms with E-state index in [2.05, 4.69) is 30.9 Å². The van der Waals surface area contributed by atoms with Crippen LogP contribution in [0.4, 0.5) is 0 Å². The molecule has 0 aliphatic carbocycles. The quantitative estimate of drug-likeness (QED) is 0.223. The van der Waals surface area contributed by atoms with E-state index in [9.17, 15) is 4.79 Å². The van der Waals surface area contributed by atoms with Crippen molar-refractivity contribution in [3.8, 4) is 28.4 Å². The summed E-state index contributed by atoms with van der Waals surface area (Å²) in [4.78, 5) is 15.3. The van der Waals surface area contributed by atoms with Crippen LogP contribution in [0.5, 0.6) is 17.2 Å². The third-order valence-corrected chi connectivity index (χ3v) is 7.00. The molecule has 3 aromatic carbocycles. The molecule has 1 atom stereocenters. The highest BCUT2D eigenvalue weighted by Crippen LogP contribution is 2.46. The number of ether oxygens (including phenoxy) is 3. The van der Waals surface area contributed by atoms with Crippen molar-refractivity contribution in [1.29, 1.82) is 0 Å². The zero-order valence-corrected chi connectivity index (χ0v) is 22.2. The molecule has 1 heterocycles. The number of hydrogen-bond donors (Lipinski definition) is 0. The van der Waals surface area contributed by atoms with E-state index >= 15 is 0 Å². The second-order valence-electron chi connectivity index (χ2n) is 8.89. The monoisotopic (exact) mass is 501 g/mol. The molecule has 194 valence electrons. The first-order valence-electron chi connectivity index (χ1n) is 12.7. The molecule has 0 saturated carbocycles. The normalized spacial score (nSPS) is 12.1. The molecule has 0 bridgehead atoms. The topological polar surface area (TPSA) is 61.1 Å². The lowest BCUT2D eigenvalue weighted by Crippen LogP contribution is -2.25. The maximum absolute atomic E-state index is 13.0. The summed E-state index contributed by atoms with van der Waals surface area (Å²) in [5.41, 5.74) is 3.68. The van der Waals surface area contributed by atoms with Crippen LogP contribution < -0.4 is 19.8 Å². The van der Waals surface area contributed by atoms with Gasteiger partial charge in [-0.1, -0.05) is 56.3 Å². The summed E-state index contributed by atoms with van der Waals surface area (Å²) in [5.74, 6) is 1.91. The summed E-state index contributed by atoms with van der Waals surface area (Å²) >= 11 is 0. The Morgan fingerprint density at radius 3 is 2.11 bits per heavy atom. The van der Waals surface area contributed by atoms with Gasteiger partial charge in [-0.3, -0.25) is 0 Å². The van der Waals surface area contributed by atoms with Crippen molar-refractivity contribution < 1.29 is 18.6 Å². The van der Waals surface area contributed by atoms with Gasteiger partial charge < -0.3 is 23.5 Å². The summed E-state index contributed by atoms with van der Waals surface area (Å²) in [6, 6.07) is 21.3. The first kappa shape index (κ1) is 26.3. The van der Waals surface area contributed by atoms with Crippen molar-refractivity contribution in [2.45, 2.75) is 26.2 Å². The van der Waals surface area contributed by atoms with Crippen molar-refractivity contribution in [2.24, 2.45) is 0 Å². The lowest BCUT2D eigenvalue weighted by atomic mass is 9.85. The van der Waals surface area contributed by atoms with Crippen molar-refractivity contribution >= 4 is 11.0 Å². The number of benzene rings is 3. The highest BCUT2D eigenvalue weighted by Gasteiger charge is 2.27. The van der Waals surface area contributed by atoms with Gasteiger partial charge in [0.05, 0.1) is 26.7 Å². The van der Waals surface area contributed by atoms with Crippen molar-refractivity contribution in [3.63, 3.8) is 0 Å². The van der Waals surface area contributed by atoms with E-state index in [0.29, 0.717) is 17.1 Å². The van der Waals surface area contributed by atoms with E-state index in [4.69, 9.17) is 18.6 Å². The average Bonchev–Trinajstić information content (AvgIpc) is 2.95. The largest absolute Gasteiger partial charge is 0.497 e. The number of methoxy groups -OCH3 is 3. The van der Waals surface area contributed by atoms with Crippen LogP contribution in [0.15, 0.2) is 75.9 Å². The van der Waals surface area contributed by atoms with E-state index in [1.165, 1.54) is 6.07 Å². The molecular formula is C31H35NO5. The van der Waals surface area contributed by atoms with Crippen molar-refractivity contribution in [1.82, 2.24) is 4.90 Å². The van der Waals surface area contributed by atoms with Crippen LogP contribution >= 0.6 is 0 Å². The minimum absolute atomic E-state index is 0.0935. The van der Waals surface area contributed by atoms with Crippen LogP contribution in [-0.2, 0) is 0 Å². The maximum Gasteiger partial charge on any atom is 0.336 e. The first-order valence-corrected chi connectivity index (χ1v) is 12.7. The summed E-state index contributed by atoms with van der Waals surface area (Å²) in [7, 11) is 4.92. The van der Waals surface area contributed by atoms with E-state index in [-0.39, 0.29) is 5.92 Å². The molecule has 6 nitrogen and oxygen atoms in total. The van der Waals surface area contributed by atoms with Gasteiger partial charge in [-0.15, -0.1) is 0 Å². The van der Waals surface area contributed by atoms with Crippen LogP contribution in [0.2, 0.25) is 0 Å². The van der Waals surface area contributed by atoms with Gasteiger partial charge in [0.2, 0.25) is 0 Å². The highest BCUT2D eigenvalue weighted by atomic mass is 16.5. The van der Waals surface area contributed by atoms with Crippen LogP contribution in [0.25, 0.3) is 22.1 Å². The van der Waals surface area contributed by atoms with E-state index in [0.717, 1.165) is 59.4 Å². The van der Waals surface area contributed by atoms with Crippen molar-refractivity contribution in [3.05, 3.63) is 88.3 Å². The SMILES string of the molecule is CCN(CC)CC[C@H](c1ccc(OC)cc1)c1c(OC)cc(OC)c2c(-c3ccccc3)cc(=O)oc12. The van der Waals surface area contributed by atoms with Gasteiger partial charge in [0, 0.05) is 29.2 Å². The van der Waals surface area contributed by atoms with E-state index < -0.39 is 5.63 Å². The van der Waals surface area contributed by atoms with Gasteiger partial charge in [-0.2, -0.15) is 0 Å². The molecule has 37 heavy (non-hydrogen) atoms. The Balaban J connectivity index is 2.03. The van der Waals surface area contributed by atoms with Gasteiger partial charge in [0.1, 0.15) is 22.8 Å². The Morgan fingerprint density at radius 1 is 0.838 bits per heavy atom. The minimum Gasteiger partial charge on any atom is -0.497 e. The molecule has 0 fully saturated rings. The Labute approximate surface area is 218 Å². The van der Waals surface area contributed by atoms with E-state index in [1.54, 1.807) is 21.3 Å². The lowest BCUT2D eigenvalue weighted by molar-refractivity contribution is 0.293. The molecular weight excluding hydrogens is 466 g/mol. The Morgan fingerprint density at radius 2 is 1.51 bits per heavy atom. The molecule has 0 unspecified atom stereocenters. The molecule has 0 radical (unpaired) electrons. The second-order valence-corrected chi connectivity index (χ2v) is 8.89. The Kier molecular flexibility index (Phi) is 8.51. The fourth-order valence-electron chi connectivity index (χ4n) is 4.98. The van der Waals surface area contributed by atoms with Crippen LogP contribution in [0.3, 0.4) is 0 Å². The molecule has 4 aromatic rings. The third-order valence-electron chi connectivity index (χ3n) is 7.00. The smallest absolute Gasteiger partial charge is 0.336 e. The first-order chi connectivity index (χ1) is 18.0. The maximum atomic E-state index is 13.0. The molecule has 0 saturated heterocycles. The number of rotatable bonds is 11. The molecule has 0 aliphatic heterocycles. The van der Waals surface area contributed by atoms with Gasteiger partial charge in [0.15, 0.2) is 0 Å². The molecule has 0 N–H and O–H groups in total. The van der Waals surface area contributed by atoms with Crippen LogP contribution in [0, 0.1) is 0 Å². The van der Waals surface area contributed by atoms with Crippen LogP contribution in [-0.4, -0.2) is 45.9 Å². The van der Waals surface area contributed by atoms with Crippen LogP contribution in [0.1, 0.15) is 37.3 Å². The Bertz CT molecular complexity index is 1380. The zero-order valence-electron chi connectivity index (χ0n) is 22.2. The average molecular weight is 502 g/mol. The lowest BCUT2D eigenvalue weighted by Gasteiger charge is -2.26. The van der Waals surface area contributed by atoms with Gasteiger partial charge >= 0.3 is 5.63 Å². The fourth-order valence-corrected chi connectivity index (χ4v) is 4.98. The van der Waals surface area contributed by atoms with Gasteiger partial charge in [-0.05, 0) is 49.3 Å². The van der Waals surface area contributed by atoms with Crippen molar-refractivity contribution in [2.75, 3.05) is 41.0 Å². The third kappa shape index (κ3) is 5.49. The summed E-state index contributed by atoms with van der Waals surface area (Å²) in [5, 5.41) is 0.755. The standard InChI is InChI=1S/C31H35NO5/c1-6-32(7-2)18-17-24(22-13-15-23(34-3)16-14-22)29-26(35-4)20-27(36-5)30-25(19-28(33)37-31(29)30)21-11-9-8-10-12-21/h8-16,19-20,24H,6-7,17-18H2,1-5H3/t24-/m1/s1. The Hall–Kier alpha value is -3.77. The molecule has 1 aromatic heterocycles. The number of nitrogens with zero attached hydrogens (tertiary/aromatic N) is 1. The predicted octanol–water partition coefficient (Wildman–Crippen LogP) is 6.35. The zero-order chi connectivity index (χ0) is 26.4. The summed E-state index contributed by atoms with van der Waals surface area (Å²) < 4.78 is 23.1. The molecule has 0 spiro atoms. The highest BCUT2D eigenvalue weighted by molar-refractivity contribution is 6.00. The molecule has 0 amide bonds. The predicted molar refractivity (Wildman–Crippen MR) is 148 cm³/mol. The van der Waals surface area contributed by atoms with E-state index in [1.807, 2.05) is 48.5 Å². The number of fused-ring (bicyclic) bond motifs is 1. The number of hydrogen-bond acceptors (Lipinski definition) is 6. The molecule has 0 aliphatic rings.